The summed E-state index contributed by atoms with van der Waals surface area (Å²) in [4.78, 5) is 21.2. The molecule has 0 saturated carbocycles. The molecule has 1 atom stereocenters. The van der Waals surface area contributed by atoms with E-state index in [0.29, 0.717) is 48.7 Å². The fourth-order valence-corrected chi connectivity index (χ4v) is 5.28. The maximum Gasteiger partial charge on any atom is 0.379 e. The molecule has 1 fully saturated rings. The van der Waals surface area contributed by atoms with E-state index in [9.17, 15) is 17.6 Å². The van der Waals surface area contributed by atoms with Crippen molar-refractivity contribution in [3.63, 3.8) is 0 Å². The van der Waals surface area contributed by atoms with Gasteiger partial charge in [0.15, 0.2) is 5.84 Å². The summed E-state index contributed by atoms with van der Waals surface area (Å²) in [5.41, 5.74) is 1.02. The van der Waals surface area contributed by atoms with E-state index in [-0.39, 0.29) is 18.2 Å². The number of benzene rings is 1. The Hall–Kier alpha value is -3.60. The first-order valence-corrected chi connectivity index (χ1v) is 15.2. The van der Waals surface area contributed by atoms with Crippen LogP contribution in [0.15, 0.2) is 64.6 Å². The molecule has 1 aliphatic carbocycles. The molecule has 2 aliphatic heterocycles. The largest absolute Gasteiger partial charge is 0.495 e. The van der Waals surface area contributed by atoms with E-state index in [2.05, 4.69) is 9.88 Å². The number of carbonyl (C=O) groups excluding carboxylic acids is 1. The smallest absolute Gasteiger partial charge is 0.379 e. The molecule has 1 aromatic carbocycles. The number of ether oxygens (including phenoxy) is 2. The molecule has 11 heteroatoms. The predicted molar refractivity (Wildman–Crippen MR) is 155 cm³/mol. The summed E-state index contributed by atoms with van der Waals surface area (Å²) in [5, 5.41) is 4.35. The highest BCUT2D eigenvalue weighted by Crippen LogP contribution is 2.41. The van der Waals surface area contributed by atoms with E-state index in [1.165, 1.54) is 19.3 Å². The van der Waals surface area contributed by atoms with Gasteiger partial charge in [0.1, 0.15) is 11.6 Å². The fraction of sp³-hybridized carbons (Fsp3) is 0.448. The number of nitrogens with one attached hydrogen (secondary N) is 1. The second-order valence-electron chi connectivity index (χ2n) is 8.92. The van der Waals surface area contributed by atoms with Crippen LogP contribution < -0.4 is 9.46 Å². The number of hydrogen-bond acceptors (Lipinski definition) is 8. The zero-order chi connectivity index (χ0) is 29.3. The fourth-order valence-electron chi connectivity index (χ4n) is 4.63. The second kappa shape index (κ2) is 13.6. The number of methoxy groups -OCH3 is 1. The van der Waals surface area contributed by atoms with Crippen molar-refractivity contribution in [3.05, 3.63) is 65.0 Å². The minimum absolute atomic E-state index is 0.0582. The molecule has 1 unspecified atom stereocenters. The Morgan fingerprint density at radius 2 is 2.05 bits per heavy atom. The Balaban J connectivity index is 0.00000216. The van der Waals surface area contributed by atoms with Crippen LogP contribution in [0.3, 0.4) is 0 Å². The molecule has 4 rings (SSSR count). The Kier molecular flexibility index (Phi) is 10.6. The van der Waals surface area contributed by atoms with Crippen molar-refractivity contribution in [2.75, 3.05) is 30.7 Å². The number of carbonyl (C=O) groups is 1. The summed E-state index contributed by atoms with van der Waals surface area (Å²) in [6.45, 7) is 7.97. The summed E-state index contributed by atoms with van der Waals surface area (Å²) >= 11 is 0. The van der Waals surface area contributed by atoms with Gasteiger partial charge >= 0.3 is 11.7 Å². The third-order valence-corrected chi connectivity index (χ3v) is 7.80. The molecule has 1 saturated heterocycles. The lowest BCUT2D eigenvalue weighted by molar-refractivity contribution is -0.178. The van der Waals surface area contributed by atoms with Gasteiger partial charge in [-0.2, -0.15) is 0 Å². The van der Waals surface area contributed by atoms with Crippen LogP contribution >= 0.6 is 0 Å². The monoisotopic (exact) mass is 575 g/mol. The number of nitrogens with zero attached hydrogens (tertiary/aromatic N) is 2. The first-order valence-electron chi connectivity index (χ1n) is 13.6. The Morgan fingerprint density at radius 3 is 2.75 bits per heavy atom. The van der Waals surface area contributed by atoms with E-state index >= 15 is 0 Å². The third-order valence-electron chi connectivity index (χ3n) is 6.51. The third kappa shape index (κ3) is 6.57. The average molecular weight is 576 g/mol. The van der Waals surface area contributed by atoms with E-state index in [4.69, 9.17) is 14.3 Å². The molecule has 2 heterocycles. The van der Waals surface area contributed by atoms with Crippen LogP contribution in [0.1, 0.15) is 58.9 Å². The van der Waals surface area contributed by atoms with Crippen LogP contribution in [0.25, 0.3) is 6.08 Å². The number of piperidine rings is 1. The lowest BCUT2D eigenvalue weighted by Crippen LogP contribution is -2.58. The van der Waals surface area contributed by atoms with Gasteiger partial charge in [-0.15, -0.1) is 0 Å². The first-order chi connectivity index (χ1) is 19.2. The minimum atomic E-state index is -3.47. The molecule has 9 nitrogen and oxygen atoms in total. The van der Waals surface area contributed by atoms with E-state index in [1.54, 1.807) is 44.2 Å². The topological polar surface area (TPSA) is 107 Å². The molecule has 0 bridgehead atoms. The molecule has 0 spiro atoms. The van der Waals surface area contributed by atoms with Crippen LogP contribution in [0, 0.1) is 0 Å². The van der Waals surface area contributed by atoms with E-state index in [1.807, 2.05) is 24.8 Å². The summed E-state index contributed by atoms with van der Waals surface area (Å²) < 4.78 is 51.2. The second-order valence-corrected chi connectivity index (χ2v) is 10.9. The summed E-state index contributed by atoms with van der Waals surface area (Å²) in [5.74, 6) is -0.0631. The molecule has 218 valence electrons. The van der Waals surface area contributed by atoms with E-state index < -0.39 is 21.7 Å². The van der Waals surface area contributed by atoms with Gasteiger partial charge in [-0.3, -0.25) is 4.72 Å². The molecule has 1 aromatic rings. The molecule has 0 radical (unpaired) electrons. The highest BCUT2D eigenvalue weighted by atomic mass is 32.2. The normalized spacial score (nSPS) is 24.0. The highest BCUT2D eigenvalue weighted by molar-refractivity contribution is 7.92. The van der Waals surface area contributed by atoms with Crippen molar-refractivity contribution in [1.29, 1.82) is 0 Å². The van der Waals surface area contributed by atoms with Crippen molar-refractivity contribution >= 4 is 33.6 Å². The van der Waals surface area contributed by atoms with Crippen molar-refractivity contribution in [2.45, 2.75) is 59.1 Å². The van der Waals surface area contributed by atoms with Gasteiger partial charge in [0, 0.05) is 12.1 Å². The maximum atomic E-state index is 13.7. The van der Waals surface area contributed by atoms with Crippen molar-refractivity contribution in [1.82, 2.24) is 4.90 Å². The molecular formula is C29H38FN3O6S. The zero-order valence-corrected chi connectivity index (χ0v) is 24.5. The number of oxime groups is 1. The van der Waals surface area contributed by atoms with E-state index in [0.717, 1.165) is 17.6 Å². The Labute approximate surface area is 236 Å². The van der Waals surface area contributed by atoms with Crippen LogP contribution in [0.2, 0.25) is 0 Å². The van der Waals surface area contributed by atoms with Crippen molar-refractivity contribution in [3.8, 4) is 5.75 Å². The molecular weight excluding hydrogens is 537 g/mol. The molecule has 0 amide bonds. The van der Waals surface area contributed by atoms with Crippen LogP contribution in [0.5, 0.6) is 5.75 Å². The number of amidine groups is 1. The zero-order valence-electron chi connectivity index (χ0n) is 23.7. The molecule has 0 aromatic heterocycles. The molecule has 3 aliphatic rings. The van der Waals surface area contributed by atoms with Crippen molar-refractivity contribution < 1.29 is 31.9 Å². The number of sulfonamides is 1. The van der Waals surface area contributed by atoms with Gasteiger partial charge in [-0.25, -0.2) is 17.6 Å². The highest BCUT2D eigenvalue weighted by Gasteiger charge is 2.57. The van der Waals surface area contributed by atoms with Gasteiger partial charge in [-0.1, -0.05) is 37.2 Å². The van der Waals surface area contributed by atoms with Crippen LogP contribution in [0.4, 0.5) is 10.1 Å². The summed E-state index contributed by atoms with van der Waals surface area (Å²) in [7, 11) is -2.00. The van der Waals surface area contributed by atoms with Crippen molar-refractivity contribution in [2.24, 2.45) is 5.16 Å². The van der Waals surface area contributed by atoms with Crippen LogP contribution in [-0.2, 0) is 24.4 Å². The summed E-state index contributed by atoms with van der Waals surface area (Å²) in [6, 6.07) is 5.16. The number of anilines is 1. The maximum absolute atomic E-state index is 13.7. The van der Waals surface area contributed by atoms with Gasteiger partial charge < -0.3 is 19.2 Å². The number of halogens is 1. The Morgan fingerprint density at radius 1 is 1.27 bits per heavy atom. The average Bonchev–Trinajstić information content (AvgIpc) is 3.34. The Bertz CT molecular complexity index is 1350. The van der Waals surface area contributed by atoms with Gasteiger partial charge in [0.05, 0.1) is 25.2 Å². The quantitative estimate of drug-likeness (QED) is 0.313. The number of esters is 1. The molecule has 40 heavy (non-hydrogen) atoms. The lowest BCUT2D eigenvalue weighted by Gasteiger charge is -2.39. The minimum Gasteiger partial charge on any atom is -0.495 e. The number of allylic oxidation sites excluding steroid dienone is 5. The van der Waals surface area contributed by atoms with Crippen LogP contribution in [-0.4, -0.2) is 56.9 Å². The summed E-state index contributed by atoms with van der Waals surface area (Å²) in [6.07, 6.45) is 10.2. The van der Waals surface area contributed by atoms with Gasteiger partial charge in [-0.05, 0) is 81.0 Å². The number of fused-ring (bicyclic) bond motifs is 1. The van der Waals surface area contributed by atoms with Gasteiger partial charge in [0.25, 0.3) is 0 Å². The standard InChI is InChI=1S/C27H32FN3O6S.C2H6/c1-4-36-26(32)27(21-10-6-12-22(28)13-7-11-21)31-16-8-9-20(25(31)29-37-27)17-19-14-15-23(24(18-19)35-3)30-38(33,34)5-2;1-2/h6,11-15,17-18,30H,4-5,7-10,16H2,1-3H3;1-2H3/b12-6?,20-17+,21-11+,22-13+;. The SMILES string of the molecule is CC.CCOC(=O)C1(/C2=C/C/C=C(/F)C=CC2)ON=C2/C(=C/c3ccc(NS(=O)(=O)CC)c(OC)c3)CCCN21. The van der Waals surface area contributed by atoms with Gasteiger partial charge in [0.2, 0.25) is 10.0 Å². The number of hydrogen-bond donors (Lipinski definition) is 1. The molecule has 1 N–H and O–H groups in total. The lowest BCUT2D eigenvalue weighted by atomic mass is 9.91. The number of rotatable bonds is 8. The first kappa shape index (κ1) is 30.9. The predicted octanol–water partition coefficient (Wildman–Crippen LogP) is 5.70.